The Morgan fingerprint density at radius 1 is 0.956 bits per heavy atom. The Morgan fingerprint density at radius 2 is 1.58 bits per heavy atom. The Bertz CT molecular complexity index is 1290. The van der Waals surface area contributed by atoms with Crippen LogP contribution in [-0.2, 0) is 14.3 Å². The van der Waals surface area contributed by atoms with Gasteiger partial charge in [-0.3, -0.25) is 4.79 Å². The summed E-state index contributed by atoms with van der Waals surface area (Å²) in [6.07, 6.45) is 1.62. The molecular formula is C33H42F3N3O6. The average Bonchev–Trinajstić information content (AvgIpc) is 3.01. The molecule has 0 unspecified atom stereocenters. The number of piperazine rings is 1. The van der Waals surface area contributed by atoms with Crippen molar-refractivity contribution in [1.29, 1.82) is 0 Å². The summed E-state index contributed by atoms with van der Waals surface area (Å²) in [4.78, 5) is 39.9. The van der Waals surface area contributed by atoms with Crippen LogP contribution in [-0.4, -0.2) is 98.5 Å². The molecular weight excluding hydrogens is 591 g/mol. The van der Waals surface area contributed by atoms with Crippen LogP contribution in [0.1, 0.15) is 49.0 Å². The lowest BCUT2D eigenvalue weighted by Crippen LogP contribution is -2.48. The second kappa shape index (κ2) is 16.3. The molecule has 12 heteroatoms. The summed E-state index contributed by atoms with van der Waals surface area (Å²) in [5, 5.41) is 7.12. The van der Waals surface area contributed by atoms with Crippen molar-refractivity contribution in [3.05, 3.63) is 65.7 Å². The van der Waals surface area contributed by atoms with Gasteiger partial charge in [-0.25, -0.2) is 9.59 Å². The number of alkyl halides is 3. The van der Waals surface area contributed by atoms with Gasteiger partial charge in [-0.15, -0.1) is 0 Å². The standard InChI is InChI=1S/C31H41N3O4.C2HF3O2/c1-31(2)16-4-17-32(24-31)18-5-23-38-28-13-11-27(12-14-28)33-19-21-34(22-20-33)30(36)26-9-6-25(7-10-26)8-15-29(35)37-3;3-2(4,5)1(6)7/h6-15H,4-5,16-24H2,1-3H3;(H,6,7)/b15-8+;. The van der Waals surface area contributed by atoms with Crippen LogP contribution < -0.4 is 9.64 Å². The van der Waals surface area contributed by atoms with Gasteiger partial charge < -0.3 is 29.3 Å². The molecule has 0 atom stereocenters. The van der Waals surface area contributed by atoms with E-state index in [1.807, 2.05) is 29.2 Å². The van der Waals surface area contributed by atoms with Crippen LogP contribution in [0.5, 0.6) is 5.75 Å². The van der Waals surface area contributed by atoms with Crippen molar-refractivity contribution in [3.8, 4) is 5.75 Å². The number of amides is 1. The van der Waals surface area contributed by atoms with Gasteiger partial charge in [0.25, 0.3) is 5.91 Å². The average molecular weight is 634 g/mol. The third-order valence-electron chi connectivity index (χ3n) is 7.65. The second-order valence-electron chi connectivity index (χ2n) is 11.8. The smallest absolute Gasteiger partial charge is 0.490 e. The number of aliphatic carboxylic acids is 1. The van der Waals surface area contributed by atoms with Crippen molar-refractivity contribution in [2.75, 3.05) is 64.4 Å². The van der Waals surface area contributed by atoms with Crippen LogP contribution in [0, 0.1) is 5.41 Å². The number of likely N-dealkylation sites (tertiary alicyclic amines) is 1. The highest BCUT2D eigenvalue weighted by atomic mass is 19.4. The van der Waals surface area contributed by atoms with Crippen molar-refractivity contribution >= 4 is 29.6 Å². The number of hydrogen-bond acceptors (Lipinski definition) is 7. The molecule has 4 rings (SSSR count). The SMILES string of the molecule is COC(=O)/C=C/c1ccc(C(=O)N2CCN(c3ccc(OCCCN4CCCC(C)(C)C4)cc3)CC2)cc1.O=C(O)C(F)(F)F. The summed E-state index contributed by atoms with van der Waals surface area (Å²) in [7, 11) is 1.34. The molecule has 1 amide bonds. The van der Waals surface area contributed by atoms with Crippen molar-refractivity contribution in [2.24, 2.45) is 5.41 Å². The lowest BCUT2D eigenvalue weighted by Gasteiger charge is -2.38. The fourth-order valence-corrected chi connectivity index (χ4v) is 5.29. The first-order valence-corrected chi connectivity index (χ1v) is 14.9. The molecule has 246 valence electrons. The number of methoxy groups -OCH3 is 1. The fraction of sp³-hybridized carbons (Fsp3) is 0.485. The molecule has 2 fully saturated rings. The van der Waals surface area contributed by atoms with Gasteiger partial charge in [-0.1, -0.05) is 26.0 Å². The highest BCUT2D eigenvalue weighted by molar-refractivity contribution is 5.95. The molecule has 0 aromatic heterocycles. The molecule has 0 aliphatic carbocycles. The highest BCUT2D eigenvalue weighted by Gasteiger charge is 2.38. The topological polar surface area (TPSA) is 99.6 Å². The molecule has 1 N–H and O–H groups in total. The first-order valence-electron chi connectivity index (χ1n) is 14.9. The zero-order chi connectivity index (χ0) is 33.0. The quantitative estimate of drug-likeness (QED) is 0.224. The van der Waals surface area contributed by atoms with E-state index in [0.717, 1.165) is 49.7 Å². The number of carbonyl (C=O) groups excluding carboxylic acids is 2. The molecule has 2 aliphatic rings. The van der Waals surface area contributed by atoms with Crippen molar-refractivity contribution in [2.45, 2.75) is 39.3 Å². The van der Waals surface area contributed by atoms with E-state index in [4.69, 9.17) is 14.6 Å². The summed E-state index contributed by atoms with van der Waals surface area (Å²) < 4.78 is 42.3. The van der Waals surface area contributed by atoms with Gasteiger partial charge in [0.15, 0.2) is 0 Å². The summed E-state index contributed by atoms with van der Waals surface area (Å²) in [6.45, 7) is 11.9. The maximum absolute atomic E-state index is 13.0. The van der Waals surface area contributed by atoms with E-state index >= 15 is 0 Å². The molecule has 2 saturated heterocycles. The molecule has 2 aromatic rings. The number of benzene rings is 2. The number of carboxylic acid groups (broad SMARTS) is 1. The minimum atomic E-state index is -5.08. The molecule has 9 nitrogen and oxygen atoms in total. The predicted octanol–water partition coefficient (Wildman–Crippen LogP) is 5.36. The Hall–Kier alpha value is -4.06. The molecule has 2 heterocycles. The van der Waals surface area contributed by atoms with E-state index in [1.54, 1.807) is 18.2 Å². The first-order chi connectivity index (χ1) is 21.3. The van der Waals surface area contributed by atoms with Gasteiger partial charge in [-0.05, 0) is 79.3 Å². The number of carboxylic acids is 1. The third kappa shape index (κ3) is 11.8. The highest BCUT2D eigenvalue weighted by Crippen LogP contribution is 2.28. The predicted molar refractivity (Wildman–Crippen MR) is 165 cm³/mol. The van der Waals surface area contributed by atoms with E-state index in [1.165, 1.54) is 39.1 Å². The summed E-state index contributed by atoms with van der Waals surface area (Å²) in [5.41, 5.74) is 3.08. The van der Waals surface area contributed by atoms with Gasteiger partial charge in [0.1, 0.15) is 5.75 Å². The lowest BCUT2D eigenvalue weighted by atomic mass is 9.84. The van der Waals surface area contributed by atoms with Gasteiger partial charge in [0.05, 0.1) is 13.7 Å². The lowest BCUT2D eigenvalue weighted by molar-refractivity contribution is -0.192. The van der Waals surface area contributed by atoms with Crippen LogP contribution in [0.4, 0.5) is 18.9 Å². The van der Waals surface area contributed by atoms with E-state index < -0.39 is 18.1 Å². The maximum atomic E-state index is 13.0. The van der Waals surface area contributed by atoms with Gasteiger partial charge in [-0.2, -0.15) is 13.2 Å². The minimum Gasteiger partial charge on any atom is -0.494 e. The molecule has 0 spiro atoms. The molecule has 0 saturated carbocycles. The number of ether oxygens (including phenoxy) is 2. The zero-order valence-corrected chi connectivity index (χ0v) is 26.0. The Labute approximate surface area is 262 Å². The number of carbonyl (C=O) groups is 3. The second-order valence-corrected chi connectivity index (χ2v) is 11.8. The van der Waals surface area contributed by atoms with E-state index in [2.05, 4.69) is 40.5 Å². The minimum absolute atomic E-state index is 0.0324. The van der Waals surface area contributed by atoms with Crippen LogP contribution in [0.15, 0.2) is 54.6 Å². The monoisotopic (exact) mass is 633 g/mol. The number of nitrogens with zero attached hydrogens (tertiary/aromatic N) is 3. The number of halogens is 3. The van der Waals surface area contributed by atoms with Crippen LogP contribution in [0.3, 0.4) is 0 Å². The number of anilines is 1. The van der Waals surface area contributed by atoms with Gasteiger partial charge in [0.2, 0.25) is 0 Å². The van der Waals surface area contributed by atoms with Gasteiger partial charge in [0, 0.05) is 56.6 Å². The fourth-order valence-electron chi connectivity index (χ4n) is 5.29. The third-order valence-corrected chi connectivity index (χ3v) is 7.65. The van der Waals surface area contributed by atoms with Crippen molar-refractivity contribution < 1.29 is 42.1 Å². The molecule has 0 radical (unpaired) electrons. The Balaban J connectivity index is 0.000000707. The molecule has 2 aliphatic heterocycles. The van der Waals surface area contributed by atoms with Crippen molar-refractivity contribution in [3.63, 3.8) is 0 Å². The Kier molecular flexibility index (Phi) is 12.8. The van der Waals surface area contributed by atoms with Gasteiger partial charge >= 0.3 is 18.1 Å². The van der Waals surface area contributed by atoms with Crippen molar-refractivity contribution in [1.82, 2.24) is 9.80 Å². The molecule has 0 bridgehead atoms. The number of rotatable bonds is 9. The van der Waals surface area contributed by atoms with Crippen LogP contribution >= 0.6 is 0 Å². The molecule has 45 heavy (non-hydrogen) atoms. The van der Waals surface area contributed by atoms with E-state index in [9.17, 15) is 22.8 Å². The summed E-state index contributed by atoms with van der Waals surface area (Å²) in [5.74, 6) is -2.22. The largest absolute Gasteiger partial charge is 0.494 e. The Morgan fingerprint density at radius 3 is 2.13 bits per heavy atom. The van der Waals surface area contributed by atoms with Crippen LogP contribution in [0.2, 0.25) is 0 Å². The zero-order valence-electron chi connectivity index (χ0n) is 26.0. The molecule has 2 aromatic carbocycles. The summed E-state index contributed by atoms with van der Waals surface area (Å²) in [6, 6.07) is 15.6. The first kappa shape index (κ1) is 35.4. The maximum Gasteiger partial charge on any atom is 0.490 e. The number of hydrogen-bond donors (Lipinski definition) is 1. The van der Waals surface area contributed by atoms with E-state index in [-0.39, 0.29) is 5.91 Å². The number of piperidine rings is 1. The number of esters is 1. The van der Waals surface area contributed by atoms with Crippen LogP contribution in [0.25, 0.3) is 6.08 Å². The normalized spacial score (nSPS) is 16.9. The van der Waals surface area contributed by atoms with E-state index in [0.29, 0.717) is 24.1 Å². The summed E-state index contributed by atoms with van der Waals surface area (Å²) >= 11 is 0.